The molecule has 0 spiro atoms. The zero-order valence-corrected chi connectivity index (χ0v) is 14.9. The fourth-order valence-electron chi connectivity index (χ4n) is 3.21. The lowest BCUT2D eigenvalue weighted by Crippen LogP contribution is -1.81. The molecule has 0 unspecified atom stereocenters. The van der Waals surface area contributed by atoms with Crippen LogP contribution in [0.25, 0.3) is 44.2 Å². The largest absolute Gasteiger partial charge is 0.361 e. The number of rotatable bonds is 3. The van der Waals surface area contributed by atoms with Crippen LogP contribution in [0.15, 0.2) is 71.4 Å². The van der Waals surface area contributed by atoms with Gasteiger partial charge in [-0.25, -0.2) is 0 Å². The molecule has 0 atom stereocenters. The molecule has 0 aliphatic heterocycles. The Labute approximate surface area is 154 Å². The molecule has 126 valence electrons. The number of nitrogens with zero attached hydrogens (tertiary/aromatic N) is 2. The molecule has 0 aliphatic carbocycles. The van der Waals surface area contributed by atoms with E-state index in [4.69, 9.17) is 4.52 Å². The number of aryl methyl sites for hydroxylation is 1. The molecule has 2 aromatic carbocycles. The Morgan fingerprint density at radius 2 is 1.85 bits per heavy atom. The van der Waals surface area contributed by atoms with Crippen LogP contribution in [-0.4, -0.2) is 15.1 Å². The summed E-state index contributed by atoms with van der Waals surface area (Å²) in [6.07, 6.45) is 1.92. The molecule has 26 heavy (non-hydrogen) atoms. The van der Waals surface area contributed by atoms with Crippen molar-refractivity contribution in [2.24, 2.45) is 0 Å². The summed E-state index contributed by atoms with van der Waals surface area (Å²) in [5, 5.41) is 5.30. The number of aromatic amines is 1. The summed E-state index contributed by atoms with van der Waals surface area (Å²) >= 11 is 1.67. The standard InChI is InChI=1S/C21H15N3OS/c1-13-17(14-6-3-2-4-7-14)12-19(26-13)21-23-20(24-25-21)16-8-5-9-18-15(16)10-11-22-18/h2-12,22H,1H3. The van der Waals surface area contributed by atoms with Crippen LogP contribution in [0, 0.1) is 6.92 Å². The van der Waals surface area contributed by atoms with Gasteiger partial charge in [0.2, 0.25) is 5.82 Å². The Bertz CT molecular complexity index is 1200. The first-order valence-corrected chi connectivity index (χ1v) is 9.17. The van der Waals surface area contributed by atoms with Gasteiger partial charge in [-0.05, 0) is 36.2 Å². The van der Waals surface area contributed by atoms with Gasteiger partial charge in [-0.15, -0.1) is 11.3 Å². The lowest BCUT2D eigenvalue weighted by molar-refractivity contribution is 0.433. The van der Waals surface area contributed by atoms with Gasteiger partial charge < -0.3 is 9.51 Å². The van der Waals surface area contributed by atoms with Gasteiger partial charge in [0.15, 0.2) is 0 Å². The van der Waals surface area contributed by atoms with Crippen LogP contribution in [-0.2, 0) is 0 Å². The highest BCUT2D eigenvalue weighted by molar-refractivity contribution is 7.15. The first-order chi connectivity index (χ1) is 12.8. The van der Waals surface area contributed by atoms with Crippen LogP contribution in [0.4, 0.5) is 0 Å². The number of hydrogen-bond acceptors (Lipinski definition) is 4. The smallest absolute Gasteiger partial charge is 0.268 e. The van der Waals surface area contributed by atoms with Gasteiger partial charge in [0.1, 0.15) is 0 Å². The Balaban J connectivity index is 1.56. The van der Waals surface area contributed by atoms with Crippen LogP contribution in [0.1, 0.15) is 4.88 Å². The van der Waals surface area contributed by atoms with E-state index in [0.29, 0.717) is 11.7 Å². The lowest BCUT2D eigenvalue weighted by Gasteiger charge is -1.97. The average Bonchev–Trinajstić information content (AvgIpc) is 3.41. The first-order valence-electron chi connectivity index (χ1n) is 8.36. The van der Waals surface area contributed by atoms with E-state index in [-0.39, 0.29) is 0 Å². The molecule has 0 saturated carbocycles. The summed E-state index contributed by atoms with van der Waals surface area (Å²) in [6, 6.07) is 20.6. The normalized spacial score (nSPS) is 11.3. The van der Waals surface area contributed by atoms with E-state index >= 15 is 0 Å². The number of hydrogen-bond donors (Lipinski definition) is 1. The van der Waals surface area contributed by atoms with Gasteiger partial charge in [-0.2, -0.15) is 4.98 Å². The van der Waals surface area contributed by atoms with Crippen LogP contribution in [0.5, 0.6) is 0 Å². The second-order valence-corrected chi connectivity index (χ2v) is 7.37. The summed E-state index contributed by atoms with van der Waals surface area (Å²) in [7, 11) is 0. The molecule has 4 nitrogen and oxygen atoms in total. The highest BCUT2D eigenvalue weighted by atomic mass is 32.1. The van der Waals surface area contributed by atoms with E-state index in [2.05, 4.69) is 52.4 Å². The summed E-state index contributed by atoms with van der Waals surface area (Å²) in [4.78, 5) is 10.1. The molecule has 0 bridgehead atoms. The van der Waals surface area contributed by atoms with Crippen molar-refractivity contribution in [1.29, 1.82) is 0 Å². The maximum absolute atomic E-state index is 5.57. The number of thiophene rings is 1. The van der Waals surface area contributed by atoms with Gasteiger partial charge in [0.25, 0.3) is 5.89 Å². The van der Waals surface area contributed by atoms with Crippen molar-refractivity contribution < 1.29 is 4.52 Å². The summed E-state index contributed by atoms with van der Waals surface area (Å²) < 4.78 is 5.57. The molecule has 3 heterocycles. The van der Waals surface area contributed by atoms with Gasteiger partial charge in [0.05, 0.1) is 4.88 Å². The zero-order chi connectivity index (χ0) is 17.5. The van der Waals surface area contributed by atoms with E-state index < -0.39 is 0 Å². The monoisotopic (exact) mass is 357 g/mol. The highest BCUT2D eigenvalue weighted by Gasteiger charge is 2.17. The summed E-state index contributed by atoms with van der Waals surface area (Å²) in [5.41, 5.74) is 4.44. The SMILES string of the molecule is Cc1sc(-c2nc(-c3cccc4[nH]ccc34)no2)cc1-c1ccccc1. The number of H-pyrrole nitrogens is 1. The van der Waals surface area contributed by atoms with Crippen molar-refractivity contribution >= 4 is 22.2 Å². The fraction of sp³-hybridized carbons (Fsp3) is 0.0476. The minimum Gasteiger partial charge on any atom is -0.361 e. The molecular weight excluding hydrogens is 342 g/mol. The number of aromatic nitrogens is 3. The number of fused-ring (bicyclic) bond motifs is 1. The average molecular weight is 357 g/mol. The molecule has 5 rings (SSSR count). The maximum Gasteiger partial charge on any atom is 0.268 e. The van der Waals surface area contributed by atoms with E-state index in [1.54, 1.807) is 11.3 Å². The van der Waals surface area contributed by atoms with Crippen molar-refractivity contribution in [3.63, 3.8) is 0 Å². The van der Waals surface area contributed by atoms with E-state index in [1.165, 1.54) is 16.0 Å². The molecule has 0 saturated heterocycles. The zero-order valence-electron chi connectivity index (χ0n) is 14.1. The molecule has 0 aliphatic rings. The molecule has 5 heteroatoms. The Hall–Kier alpha value is -3.18. The maximum atomic E-state index is 5.57. The topological polar surface area (TPSA) is 54.7 Å². The molecule has 5 aromatic rings. The third kappa shape index (κ3) is 2.45. The number of benzene rings is 2. The molecule has 0 amide bonds. The molecule has 0 fully saturated rings. The summed E-state index contributed by atoms with van der Waals surface area (Å²) in [5.74, 6) is 1.17. The Morgan fingerprint density at radius 3 is 2.73 bits per heavy atom. The Morgan fingerprint density at radius 1 is 0.962 bits per heavy atom. The van der Waals surface area contributed by atoms with Gasteiger partial charge in [0, 0.05) is 27.5 Å². The van der Waals surface area contributed by atoms with E-state index in [1.807, 2.05) is 36.5 Å². The van der Waals surface area contributed by atoms with Gasteiger partial charge >= 0.3 is 0 Å². The second kappa shape index (κ2) is 5.97. The number of nitrogens with one attached hydrogen (secondary N) is 1. The predicted molar refractivity (Wildman–Crippen MR) is 105 cm³/mol. The molecular formula is C21H15N3OS. The molecule has 0 radical (unpaired) electrons. The quantitative estimate of drug-likeness (QED) is 0.436. The van der Waals surface area contributed by atoms with Crippen molar-refractivity contribution in [2.45, 2.75) is 6.92 Å². The first kappa shape index (κ1) is 15.1. The van der Waals surface area contributed by atoms with Crippen LogP contribution >= 0.6 is 11.3 Å². The lowest BCUT2D eigenvalue weighted by atomic mass is 10.1. The third-order valence-corrected chi connectivity index (χ3v) is 5.51. The minimum absolute atomic E-state index is 0.558. The molecule has 1 N–H and O–H groups in total. The molecule has 3 aromatic heterocycles. The van der Waals surface area contributed by atoms with E-state index in [0.717, 1.165) is 21.3 Å². The van der Waals surface area contributed by atoms with Crippen LogP contribution in [0.3, 0.4) is 0 Å². The summed E-state index contributed by atoms with van der Waals surface area (Å²) in [6.45, 7) is 2.12. The minimum atomic E-state index is 0.558. The van der Waals surface area contributed by atoms with Crippen molar-refractivity contribution in [1.82, 2.24) is 15.1 Å². The van der Waals surface area contributed by atoms with Crippen molar-refractivity contribution in [3.8, 4) is 33.3 Å². The Kier molecular flexibility index (Phi) is 3.47. The van der Waals surface area contributed by atoms with Crippen LogP contribution in [0.2, 0.25) is 0 Å². The van der Waals surface area contributed by atoms with Gasteiger partial charge in [-0.1, -0.05) is 47.6 Å². The van der Waals surface area contributed by atoms with E-state index in [9.17, 15) is 0 Å². The fourth-order valence-corrected chi connectivity index (χ4v) is 4.17. The predicted octanol–water partition coefficient (Wildman–Crippen LogP) is 5.92. The second-order valence-electron chi connectivity index (χ2n) is 6.11. The van der Waals surface area contributed by atoms with Crippen LogP contribution < -0.4 is 0 Å². The van der Waals surface area contributed by atoms with Crippen molar-refractivity contribution in [3.05, 3.63) is 71.7 Å². The van der Waals surface area contributed by atoms with Crippen molar-refractivity contribution in [2.75, 3.05) is 0 Å². The highest BCUT2D eigenvalue weighted by Crippen LogP contribution is 2.37. The third-order valence-electron chi connectivity index (χ3n) is 4.48. The van der Waals surface area contributed by atoms with Gasteiger partial charge in [-0.3, -0.25) is 0 Å².